The molecule has 0 aromatic carbocycles. The largest absolute Gasteiger partial charge is 0.384 e. The highest BCUT2D eigenvalue weighted by Gasteiger charge is 1.96. The SMILES string of the molecule is Cc1nc(N)ccc1Br.Cc1nc(N)ccc1C#N. The van der Waals surface area contributed by atoms with E-state index in [2.05, 4.69) is 25.9 Å². The first-order chi connectivity index (χ1) is 8.93. The van der Waals surface area contributed by atoms with Gasteiger partial charge in [0.05, 0.1) is 17.0 Å². The van der Waals surface area contributed by atoms with Gasteiger partial charge < -0.3 is 11.5 Å². The molecule has 0 bridgehead atoms. The summed E-state index contributed by atoms with van der Waals surface area (Å²) in [4.78, 5) is 7.90. The molecule has 4 N–H and O–H groups in total. The van der Waals surface area contributed by atoms with E-state index < -0.39 is 0 Å². The van der Waals surface area contributed by atoms with Crippen molar-refractivity contribution in [1.82, 2.24) is 9.97 Å². The van der Waals surface area contributed by atoms with Crippen molar-refractivity contribution < 1.29 is 0 Å². The summed E-state index contributed by atoms with van der Waals surface area (Å²) in [6, 6.07) is 8.93. The van der Waals surface area contributed by atoms with E-state index in [0.29, 0.717) is 22.9 Å². The summed E-state index contributed by atoms with van der Waals surface area (Å²) < 4.78 is 0.997. The van der Waals surface area contributed by atoms with E-state index in [1.165, 1.54) is 0 Å². The molecule has 0 unspecified atom stereocenters. The zero-order chi connectivity index (χ0) is 14.4. The van der Waals surface area contributed by atoms with Gasteiger partial charge in [-0.05, 0) is 54.0 Å². The fourth-order valence-electron chi connectivity index (χ4n) is 1.26. The predicted octanol–water partition coefficient (Wildman–Crippen LogP) is 2.58. The molecule has 0 spiro atoms. The first kappa shape index (κ1) is 14.9. The Labute approximate surface area is 120 Å². The average molecular weight is 320 g/mol. The lowest BCUT2D eigenvalue weighted by Crippen LogP contribution is -1.93. The molecule has 19 heavy (non-hydrogen) atoms. The number of anilines is 2. The fourth-order valence-corrected chi connectivity index (χ4v) is 1.48. The van der Waals surface area contributed by atoms with Crippen molar-refractivity contribution in [2.45, 2.75) is 13.8 Å². The van der Waals surface area contributed by atoms with E-state index in [1.807, 2.05) is 19.1 Å². The highest BCUT2D eigenvalue weighted by Crippen LogP contribution is 2.13. The number of rotatable bonds is 0. The van der Waals surface area contributed by atoms with Crippen LogP contribution in [0.25, 0.3) is 0 Å². The van der Waals surface area contributed by atoms with Gasteiger partial charge in [0, 0.05) is 4.47 Å². The molecule has 98 valence electrons. The summed E-state index contributed by atoms with van der Waals surface area (Å²) in [6.45, 7) is 3.66. The van der Waals surface area contributed by atoms with Gasteiger partial charge in [-0.3, -0.25) is 0 Å². The fraction of sp³-hybridized carbons (Fsp3) is 0.154. The number of pyridine rings is 2. The molecular formula is C13H14BrN5. The normalized spacial score (nSPS) is 9.16. The second-order valence-electron chi connectivity index (χ2n) is 3.78. The third-order valence-corrected chi connectivity index (χ3v) is 3.11. The van der Waals surface area contributed by atoms with Gasteiger partial charge in [-0.2, -0.15) is 5.26 Å². The Hall–Kier alpha value is -2.13. The minimum atomic E-state index is 0.455. The molecule has 0 saturated heterocycles. The highest BCUT2D eigenvalue weighted by atomic mass is 79.9. The van der Waals surface area contributed by atoms with Crippen LogP contribution in [0.2, 0.25) is 0 Å². The Bertz CT molecular complexity index is 619. The molecule has 0 radical (unpaired) electrons. The lowest BCUT2D eigenvalue weighted by molar-refractivity contribution is 1.19. The molecule has 0 atom stereocenters. The van der Waals surface area contributed by atoms with Crippen LogP contribution in [0.15, 0.2) is 28.7 Å². The summed E-state index contributed by atoms with van der Waals surface area (Å²) in [6.07, 6.45) is 0. The molecule has 2 aromatic rings. The number of nitrogens with two attached hydrogens (primary N) is 2. The summed E-state index contributed by atoms with van der Waals surface area (Å²) in [5, 5.41) is 8.48. The molecule has 2 aromatic heterocycles. The lowest BCUT2D eigenvalue weighted by atomic mass is 10.2. The van der Waals surface area contributed by atoms with Crippen LogP contribution in [0.1, 0.15) is 17.0 Å². The predicted molar refractivity (Wildman–Crippen MR) is 79.2 cm³/mol. The van der Waals surface area contributed by atoms with Crippen LogP contribution >= 0.6 is 15.9 Å². The monoisotopic (exact) mass is 319 g/mol. The third kappa shape index (κ3) is 4.56. The second-order valence-corrected chi connectivity index (χ2v) is 4.64. The van der Waals surface area contributed by atoms with Crippen molar-refractivity contribution in [3.63, 3.8) is 0 Å². The summed E-state index contributed by atoms with van der Waals surface area (Å²) in [7, 11) is 0. The molecule has 0 saturated carbocycles. The third-order valence-electron chi connectivity index (χ3n) is 2.27. The standard InChI is InChI=1S/C7H7N3.C6H7BrN2/c1-5-6(4-8)2-3-7(9)10-5;1-4-5(7)2-3-6(8)9-4/h2-3H,1H3,(H2,9,10);2-3H,1H3,(H2,8,9). The minimum absolute atomic E-state index is 0.455. The summed E-state index contributed by atoms with van der Waals surface area (Å²) in [5.74, 6) is 1.02. The van der Waals surface area contributed by atoms with Gasteiger partial charge in [-0.15, -0.1) is 0 Å². The molecule has 6 heteroatoms. The Kier molecular flexibility index (Phi) is 5.27. The Morgan fingerprint density at radius 3 is 1.95 bits per heavy atom. The number of halogens is 1. The topological polar surface area (TPSA) is 102 Å². The maximum atomic E-state index is 8.48. The quantitative estimate of drug-likeness (QED) is 0.777. The van der Waals surface area contributed by atoms with E-state index in [-0.39, 0.29) is 0 Å². The number of hydrogen-bond acceptors (Lipinski definition) is 5. The van der Waals surface area contributed by atoms with Gasteiger partial charge in [0.1, 0.15) is 17.7 Å². The number of hydrogen-bond donors (Lipinski definition) is 2. The van der Waals surface area contributed by atoms with Gasteiger partial charge in [-0.25, -0.2) is 9.97 Å². The van der Waals surface area contributed by atoms with Crippen LogP contribution < -0.4 is 11.5 Å². The molecule has 0 aliphatic carbocycles. The number of aromatic nitrogens is 2. The molecule has 0 aliphatic heterocycles. The smallest absolute Gasteiger partial charge is 0.123 e. The second kappa shape index (κ2) is 6.71. The Morgan fingerprint density at radius 1 is 1.00 bits per heavy atom. The number of aryl methyl sites for hydroxylation is 2. The zero-order valence-electron chi connectivity index (χ0n) is 10.7. The first-order valence-electron chi connectivity index (χ1n) is 5.46. The maximum absolute atomic E-state index is 8.48. The van der Waals surface area contributed by atoms with Crippen LogP contribution in [0.3, 0.4) is 0 Å². The number of nitrogens with zero attached hydrogens (tertiary/aromatic N) is 3. The van der Waals surface area contributed by atoms with Crippen molar-refractivity contribution in [3.05, 3.63) is 45.7 Å². The molecule has 5 nitrogen and oxygen atoms in total. The molecule has 0 aliphatic rings. The van der Waals surface area contributed by atoms with Crippen molar-refractivity contribution in [3.8, 4) is 6.07 Å². The van der Waals surface area contributed by atoms with Crippen LogP contribution in [-0.4, -0.2) is 9.97 Å². The molecular weight excluding hydrogens is 306 g/mol. The molecule has 0 amide bonds. The first-order valence-corrected chi connectivity index (χ1v) is 6.25. The van der Waals surface area contributed by atoms with Gasteiger partial charge in [0.25, 0.3) is 0 Å². The van der Waals surface area contributed by atoms with Gasteiger partial charge in [0.2, 0.25) is 0 Å². The zero-order valence-corrected chi connectivity index (χ0v) is 12.3. The Balaban J connectivity index is 0.000000191. The lowest BCUT2D eigenvalue weighted by Gasteiger charge is -1.95. The average Bonchev–Trinajstić information content (AvgIpc) is 2.35. The minimum Gasteiger partial charge on any atom is -0.384 e. The van der Waals surface area contributed by atoms with Gasteiger partial charge >= 0.3 is 0 Å². The Morgan fingerprint density at radius 2 is 1.53 bits per heavy atom. The number of nitrogen functional groups attached to an aromatic ring is 2. The van der Waals surface area contributed by atoms with E-state index in [4.69, 9.17) is 16.7 Å². The van der Waals surface area contributed by atoms with E-state index in [1.54, 1.807) is 25.1 Å². The van der Waals surface area contributed by atoms with Crippen LogP contribution in [0.5, 0.6) is 0 Å². The van der Waals surface area contributed by atoms with E-state index in [9.17, 15) is 0 Å². The number of nitriles is 1. The van der Waals surface area contributed by atoms with Crippen LogP contribution in [0.4, 0.5) is 11.6 Å². The molecule has 2 rings (SSSR count). The molecule has 0 fully saturated rings. The van der Waals surface area contributed by atoms with Crippen molar-refractivity contribution in [2.75, 3.05) is 11.5 Å². The maximum Gasteiger partial charge on any atom is 0.123 e. The highest BCUT2D eigenvalue weighted by molar-refractivity contribution is 9.10. The van der Waals surface area contributed by atoms with E-state index in [0.717, 1.165) is 10.2 Å². The molecule has 2 heterocycles. The van der Waals surface area contributed by atoms with Crippen molar-refractivity contribution in [1.29, 1.82) is 5.26 Å². The van der Waals surface area contributed by atoms with E-state index >= 15 is 0 Å². The summed E-state index contributed by atoms with van der Waals surface area (Å²) >= 11 is 3.31. The van der Waals surface area contributed by atoms with Gasteiger partial charge in [0.15, 0.2) is 0 Å². The van der Waals surface area contributed by atoms with Gasteiger partial charge in [-0.1, -0.05) is 0 Å². The van der Waals surface area contributed by atoms with Crippen LogP contribution in [0, 0.1) is 25.2 Å². The van der Waals surface area contributed by atoms with Crippen LogP contribution in [-0.2, 0) is 0 Å². The van der Waals surface area contributed by atoms with Crippen molar-refractivity contribution in [2.24, 2.45) is 0 Å². The summed E-state index contributed by atoms with van der Waals surface area (Å²) in [5.41, 5.74) is 12.9. The van der Waals surface area contributed by atoms with Crippen molar-refractivity contribution >= 4 is 27.6 Å².